The molecule has 2 unspecified atom stereocenters. The second kappa shape index (κ2) is 6.08. The molecule has 1 saturated heterocycles. The zero-order valence-electron chi connectivity index (χ0n) is 13.7. The van der Waals surface area contributed by atoms with E-state index in [9.17, 15) is 14.4 Å². The van der Waals surface area contributed by atoms with E-state index in [1.807, 2.05) is 19.1 Å². The van der Waals surface area contributed by atoms with Crippen molar-refractivity contribution in [3.63, 3.8) is 0 Å². The molecule has 0 spiro atoms. The van der Waals surface area contributed by atoms with Crippen molar-refractivity contribution in [2.24, 2.45) is 4.99 Å². The highest BCUT2D eigenvalue weighted by Gasteiger charge is 2.49. The lowest BCUT2D eigenvalue weighted by Crippen LogP contribution is -2.64. The van der Waals surface area contributed by atoms with Gasteiger partial charge < -0.3 is 14.6 Å². The smallest absolute Gasteiger partial charge is 0.328 e. The first kappa shape index (κ1) is 16.2. The summed E-state index contributed by atoms with van der Waals surface area (Å²) < 4.78 is 5.41. The molecule has 1 N–H and O–H groups in total. The first-order chi connectivity index (χ1) is 11.4. The predicted octanol–water partition coefficient (Wildman–Crippen LogP) is -0.233. The van der Waals surface area contributed by atoms with E-state index in [-0.39, 0.29) is 12.5 Å². The minimum Gasteiger partial charge on any atom is -0.465 e. The molecule has 0 bridgehead atoms. The van der Waals surface area contributed by atoms with Crippen molar-refractivity contribution in [2.75, 3.05) is 20.6 Å². The van der Waals surface area contributed by atoms with Crippen LogP contribution in [0.2, 0.25) is 0 Å². The number of urea groups is 1. The lowest BCUT2D eigenvalue weighted by atomic mass is 10.1. The van der Waals surface area contributed by atoms with Crippen LogP contribution >= 0.6 is 0 Å². The fourth-order valence-corrected chi connectivity index (χ4v) is 2.82. The molecule has 1 aromatic rings. The average molecular weight is 333 g/mol. The monoisotopic (exact) mass is 333 g/mol. The van der Waals surface area contributed by atoms with Crippen LogP contribution in [-0.4, -0.2) is 71.7 Å². The Morgan fingerprint density at radius 3 is 2.75 bits per heavy atom. The van der Waals surface area contributed by atoms with Gasteiger partial charge >= 0.3 is 6.03 Å². The number of likely N-dealkylation sites (N-methyl/N-ethyl adjacent to an activating group) is 2. The summed E-state index contributed by atoms with van der Waals surface area (Å²) in [4.78, 5) is 44.5. The summed E-state index contributed by atoms with van der Waals surface area (Å²) in [5, 5.41) is 2.98. The molecule has 24 heavy (non-hydrogen) atoms. The third-order valence-electron chi connectivity index (χ3n) is 4.15. The lowest BCUT2D eigenvalue weighted by Gasteiger charge is -2.39. The van der Waals surface area contributed by atoms with Crippen LogP contribution in [-0.2, 0) is 16.1 Å². The van der Waals surface area contributed by atoms with Gasteiger partial charge in [-0.05, 0) is 19.1 Å². The Balaban J connectivity index is 1.62. The largest absolute Gasteiger partial charge is 0.465 e. The van der Waals surface area contributed by atoms with E-state index < -0.39 is 24.1 Å². The van der Waals surface area contributed by atoms with E-state index in [0.29, 0.717) is 6.54 Å². The van der Waals surface area contributed by atoms with Crippen molar-refractivity contribution in [1.29, 1.82) is 0 Å². The maximum Gasteiger partial charge on any atom is 0.328 e. The lowest BCUT2D eigenvalue weighted by molar-refractivity contribution is -0.142. The van der Waals surface area contributed by atoms with Crippen LogP contribution < -0.4 is 5.32 Å². The Labute approximate surface area is 138 Å². The number of hydrogen-bond acceptors (Lipinski definition) is 6. The molecule has 0 saturated carbocycles. The number of fused-ring (bicyclic) bond motifs is 1. The second-order valence-corrected chi connectivity index (χ2v) is 5.83. The Bertz CT molecular complexity index is 712. The average Bonchev–Trinajstić information content (AvgIpc) is 3.17. The van der Waals surface area contributed by atoms with Gasteiger partial charge in [0.25, 0.3) is 5.91 Å². The van der Waals surface area contributed by atoms with Crippen molar-refractivity contribution in [2.45, 2.75) is 25.7 Å². The molecule has 3 heterocycles. The molecule has 128 valence electrons. The summed E-state index contributed by atoms with van der Waals surface area (Å²) in [6.07, 6.45) is 0.662. The van der Waals surface area contributed by atoms with Crippen molar-refractivity contribution < 1.29 is 18.8 Å². The maximum atomic E-state index is 12.4. The minimum atomic E-state index is -0.808. The molecule has 9 heteroatoms. The van der Waals surface area contributed by atoms with Gasteiger partial charge in [-0.1, -0.05) is 0 Å². The topological polar surface area (TPSA) is 98.5 Å². The van der Waals surface area contributed by atoms with Crippen LogP contribution in [0.3, 0.4) is 0 Å². The summed E-state index contributed by atoms with van der Waals surface area (Å²) in [5.41, 5.74) is 0. The number of nitrogens with one attached hydrogen (secondary N) is 1. The zero-order chi connectivity index (χ0) is 17.4. The number of rotatable bonds is 4. The van der Waals surface area contributed by atoms with Crippen molar-refractivity contribution >= 4 is 24.2 Å². The third-order valence-corrected chi connectivity index (χ3v) is 4.15. The first-order valence-corrected chi connectivity index (χ1v) is 7.55. The SMILES string of the molecule is Cc1ccc(CNCC(=O)N2C=NC3C2C(=O)N(C)C(=O)N3C)o1. The quantitative estimate of drug-likeness (QED) is 0.820. The summed E-state index contributed by atoms with van der Waals surface area (Å²) in [6.45, 7) is 2.28. The van der Waals surface area contributed by atoms with E-state index in [0.717, 1.165) is 16.4 Å². The van der Waals surface area contributed by atoms with E-state index in [1.165, 1.54) is 23.2 Å². The van der Waals surface area contributed by atoms with Crippen molar-refractivity contribution in [3.8, 4) is 0 Å². The highest BCUT2D eigenvalue weighted by Crippen LogP contribution is 2.24. The number of hydrogen-bond donors (Lipinski definition) is 1. The maximum absolute atomic E-state index is 12.4. The predicted molar refractivity (Wildman–Crippen MR) is 84.0 cm³/mol. The molecule has 1 fully saturated rings. The van der Waals surface area contributed by atoms with Gasteiger partial charge in [0.05, 0.1) is 19.4 Å². The molecule has 3 rings (SSSR count). The summed E-state index contributed by atoms with van der Waals surface area (Å²) in [5.74, 6) is 0.804. The second-order valence-electron chi connectivity index (χ2n) is 5.83. The molecule has 0 aliphatic carbocycles. The van der Waals surface area contributed by atoms with Gasteiger partial charge in [-0.25, -0.2) is 9.79 Å². The van der Waals surface area contributed by atoms with Crippen molar-refractivity contribution in [3.05, 3.63) is 23.7 Å². The van der Waals surface area contributed by atoms with Crippen LogP contribution in [0.5, 0.6) is 0 Å². The van der Waals surface area contributed by atoms with Crippen LogP contribution in [0.1, 0.15) is 11.5 Å². The number of carbonyl (C=O) groups is 3. The van der Waals surface area contributed by atoms with Gasteiger partial charge in [0.1, 0.15) is 11.5 Å². The van der Waals surface area contributed by atoms with E-state index in [2.05, 4.69) is 10.3 Å². The zero-order valence-corrected chi connectivity index (χ0v) is 13.7. The number of aryl methyl sites for hydroxylation is 1. The normalized spacial score (nSPS) is 23.2. The molecule has 0 aromatic carbocycles. The van der Waals surface area contributed by atoms with Gasteiger partial charge in [0, 0.05) is 14.1 Å². The van der Waals surface area contributed by atoms with Crippen LogP contribution in [0.15, 0.2) is 21.5 Å². The molecule has 2 aliphatic rings. The molecular formula is C15H19N5O4. The third kappa shape index (κ3) is 2.67. The summed E-state index contributed by atoms with van der Waals surface area (Å²) in [7, 11) is 2.96. The van der Waals surface area contributed by atoms with Gasteiger partial charge in [0.2, 0.25) is 5.91 Å². The highest BCUT2D eigenvalue weighted by atomic mass is 16.3. The molecule has 0 radical (unpaired) electrons. The Kier molecular flexibility index (Phi) is 4.10. The molecule has 2 aliphatic heterocycles. The van der Waals surface area contributed by atoms with Gasteiger partial charge in [-0.15, -0.1) is 0 Å². The van der Waals surface area contributed by atoms with Crippen molar-refractivity contribution in [1.82, 2.24) is 20.0 Å². The fraction of sp³-hybridized carbons (Fsp3) is 0.467. The van der Waals surface area contributed by atoms with E-state index >= 15 is 0 Å². The number of furan rings is 1. The van der Waals surface area contributed by atoms with Crippen LogP contribution in [0, 0.1) is 6.92 Å². The van der Waals surface area contributed by atoms with E-state index in [4.69, 9.17) is 4.42 Å². The fourth-order valence-electron chi connectivity index (χ4n) is 2.82. The summed E-state index contributed by atoms with van der Waals surface area (Å²) >= 11 is 0. The number of carbonyl (C=O) groups excluding carboxylic acids is 3. The number of aliphatic imine (C=N–C) groups is 1. The minimum absolute atomic E-state index is 0.0314. The van der Waals surface area contributed by atoms with Crippen LogP contribution in [0.25, 0.3) is 0 Å². The summed E-state index contributed by atoms with van der Waals surface area (Å²) in [6, 6.07) is 2.44. The molecule has 2 atom stereocenters. The number of nitrogens with zero attached hydrogens (tertiary/aromatic N) is 4. The number of amides is 4. The molecular weight excluding hydrogens is 314 g/mol. The number of imide groups is 1. The van der Waals surface area contributed by atoms with Gasteiger partial charge in [-0.3, -0.25) is 19.4 Å². The Morgan fingerprint density at radius 2 is 2.08 bits per heavy atom. The van der Waals surface area contributed by atoms with Gasteiger partial charge in [-0.2, -0.15) is 0 Å². The Morgan fingerprint density at radius 1 is 1.33 bits per heavy atom. The standard InChI is InChI=1S/C15H19N5O4/c1-9-4-5-10(24-9)6-16-7-11(21)20-8-17-13-12(20)14(22)19(3)15(23)18(13)2/h4-5,8,12-13,16H,6-7H2,1-3H3. The highest BCUT2D eigenvalue weighted by molar-refractivity contribution is 6.05. The van der Waals surface area contributed by atoms with Crippen LogP contribution in [0.4, 0.5) is 4.79 Å². The van der Waals surface area contributed by atoms with E-state index in [1.54, 1.807) is 7.05 Å². The molecule has 1 aromatic heterocycles. The van der Waals surface area contributed by atoms with Gasteiger partial charge in [0.15, 0.2) is 12.2 Å². The molecule has 4 amide bonds. The Hall–Kier alpha value is -2.68. The molecule has 9 nitrogen and oxygen atoms in total. The first-order valence-electron chi connectivity index (χ1n) is 7.55.